The molecule has 1 aromatic carbocycles. The van der Waals surface area contributed by atoms with Crippen molar-refractivity contribution >= 4 is 21.6 Å². The summed E-state index contributed by atoms with van der Waals surface area (Å²) in [6.45, 7) is 0.376. The maximum absolute atomic E-state index is 10.6. The summed E-state index contributed by atoms with van der Waals surface area (Å²) in [6.07, 6.45) is 1.02. The van der Waals surface area contributed by atoms with Crippen LogP contribution in [0.15, 0.2) is 22.7 Å². The van der Waals surface area contributed by atoms with Crippen molar-refractivity contribution in [3.8, 4) is 11.8 Å². The van der Waals surface area contributed by atoms with Crippen molar-refractivity contribution in [3.63, 3.8) is 0 Å². The maximum atomic E-state index is 10.6. The largest absolute Gasteiger partial charge is 0.493 e. The number of ether oxygens (including phenoxy) is 1. The molecule has 0 aliphatic carbocycles. The molecule has 0 saturated heterocycles. The summed E-state index contributed by atoms with van der Waals surface area (Å²) in [4.78, 5) is 10.1. The molecule has 6 heteroatoms. The van der Waals surface area contributed by atoms with Crippen molar-refractivity contribution in [1.29, 1.82) is 5.26 Å². The summed E-state index contributed by atoms with van der Waals surface area (Å²) >= 11 is 3.17. The first kappa shape index (κ1) is 12.5. The van der Waals surface area contributed by atoms with Crippen LogP contribution in [0.4, 0.5) is 5.69 Å². The minimum Gasteiger partial charge on any atom is -0.493 e. The number of nitro benzene ring substituents is 1. The predicted octanol–water partition coefficient (Wildman–Crippen LogP) is 3.04. The fourth-order valence-electron chi connectivity index (χ4n) is 1.08. The molecular weight excluding hydrogens is 276 g/mol. The Labute approximate surface area is 101 Å². The van der Waals surface area contributed by atoms with Crippen LogP contribution in [0.2, 0.25) is 0 Å². The molecule has 16 heavy (non-hydrogen) atoms. The molecule has 0 spiro atoms. The first-order valence-corrected chi connectivity index (χ1v) is 5.37. The third-order valence-electron chi connectivity index (χ3n) is 1.77. The molecule has 0 aromatic heterocycles. The van der Waals surface area contributed by atoms with E-state index in [2.05, 4.69) is 15.9 Å². The summed E-state index contributed by atoms with van der Waals surface area (Å²) in [5.41, 5.74) is -0.0235. The predicted molar refractivity (Wildman–Crippen MR) is 61.1 cm³/mol. The van der Waals surface area contributed by atoms with Gasteiger partial charge in [-0.25, -0.2) is 0 Å². The van der Waals surface area contributed by atoms with Gasteiger partial charge in [0, 0.05) is 17.0 Å². The number of halogens is 1. The molecule has 0 amide bonds. The monoisotopic (exact) mass is 284 g/mol. The number of non-ortho nitro benzene ring substituents is 1. The molecule has 1 aromatic rings. The van der Waals surface area contributed by atoms with Gasteiger partial charge in [-0.2, -0.15) is 5.26 Å². The fraction of sp³-hybridized carbons (Fsp3) is 0.300. The van der Waals surface area contributed by atoms with Gasteiger partial charge in [0.25, 0.3) is 5.69 Å². The average Bonchev–Trinajstić information content (AvgIpc) is 2.23. The van der Waals surface area contributed by atoms with Crippen molar-refractivity contribution in [2.45, 2.75) is 12.8 Å². The van der Waals surface area contributed by atoms with E-state index in [-0.39, 0.29) is 5.69 Å². The molecule has 0 N–H and O–H groups in total. The molecule has 1 rings (SSSR count). The van der Waals surface area contributed by atoms with Crippen molar-refractivity contribution < 1.29 is 9.66 Å². The quantitative estimate of drug-likeness (QED) is 0.473. The van der Waals surface area contributed by atoms with Gasteiger partial charge in [0.2, 0.25) is 0 Å². The lowest BCUT2D eigenvalue weighted by molar-refractivity contribution is -0.385. The lowest BCUT2D eigenvalue weighted by Crippen LogP contribution is -1.97. The van der Waals surface area contributed by atoms with Crippen LogP contribution in [0, 0.1) is 21.4 Å². The van der Waals surface area contributed by atoms with E-state index in [1.165, 1.54) is 12.1 Å². The Morgan fingerprint density at radius 3 is 2.88 bits per heavy atom. The summed E-state index contributed by atoms with van der Waals surface area (Å²) < 4.78 is 5.89. The molecule has 0 radical (unpaired) electrons. The van der Waals surface area contributed by atoms with Crippen LogP contribution in [-0.4, -0.2) is 11.5 Å². The number of hydrogen-bond acceptors (Lipinski definition) is 4. The molecule has 5 nitrogen and oxygen atoms in total. The van der Waals surface area contributed by atoms with Gasteiger partial charge in [0.05, 0.1) is 23.7 Å². The minimum absolute atomic E-state index is 0.0235. The van der Waals surface area contributed by atoms with E-state index in [0.717, 1.165) is 0 Å². The third-order valence-corrected chi connectivity index (χ3v) is 2.23. The Balaban J connectivity index is 2.66. The first-order chi connectivity index (χ1) is 7.63. The normalized spacial score (nSPS) is 9.50. The number of nitrogens with zero attached hydrogens (tertiary/aromatic N) is 2. The third kappa shape index (κ3) is 3.87. The van der Waals surface area contributed by atoms with Crippen LogP contribution in [0.5, 0.6) is 5.75 Å². The van der Waals surface area contributed by atoms with Gasteiger partial charge in [-0.15, -0.1) is 0 Å². The van der Waals surface area contributed by atoms with Crippen LogP contribution in [0.3, 0.4) is 0 Å². The van der Waals surface area contributed by atoms with Gasteiger partial charge >= 0.3 is 0 Å². The number of nitro groups is 1. The zero-order chi connectivity index (χ0) is 12.0. The zero-order valence-electron chi connectivity index (χ0n) is 8.35. The number of hydrogen-bond donors (Lipinski definition) is 0. The van der Waals surface area contributed by atoms with E-state index in [1.54, 1.807) is 6.07 Å². The molecule has 0 aliphatic rings. The van der Waals surface area contributed by atoms with Crippen molar-refractivity contribution in [2.75, 3.05) is 6.61 Å². The van der Waals surface area contributed by atoms with Gasteiger partial charge in [0.1, 0.15) is 5.75 Å². The molecule has 0 atom stereocenters. The molecule has 0 saturated carbocycles. The maximum Gasteiger partial charge on any atom is 0.274 e. The Morgan fingerprint density at radius 1 is 1.50 bits per heavy atom. The second-order valence-electron chi connectivity index (χ2n) is 3.01. The molecule has 84 valence electrons. The second-order valence-corrected chi connectivity index (χ2v) is 3.93. The lowest BCUT2D eigenvalue weighted by Gasteiger charge is -2.04. The summed E-state index contributed by atoms with van der Waals surface area (Å²) in [5, 5.41) is 18.9. The highest BCUT2D eigenvalue weighted by molar-refractivity contribution is 9.10. The zero-order valence-corrected chi connectivity index (χ0v) is 9.94. The Hall–Kier alpha value is -1.61. The number of unbranched alkanes of at least 4 members (excludes halogenated alkanes) is 1. The number of benzene rings is 1. The smallest absolute Gasteiger partial charge is 0.274 e. The molecule has 0 aliphatic heterocycles. The molecule has 0 bridgehead atoms. The highest BCUT2D eigenvalue weighted by Gasteiger charge is 2.09. The average molecular weight is 285 g/mol. The second kappa shape index (κ2) is 6.08. The Morgan fingerprint density at radius 2 is 2.25 bits per heavy atom. The standard InChI is InChI=1S/C10H9BrN2O3/c11-8-5-9(13(14)15)7-10(6-8)16-4-2-1-3-12/h5-7H,1-2,4H2. The Kier molecular flexibility index (Phi) is 4.73. The van der Waals surface area contributed by atoms with E-state index in [1.807, 2.05) is 6.07 Å². The highest BCUT2D eigenvalue weighted by Crippen LogP contribution is 2.26. The molecule has 0 unspecified atom stereocenters. The van der Waals surface area contributed by atoms with Crippen LogP contribution < -0.4 is 4.74 Å². The molecular formula is C10H9BrN2O3. The topological polar surface area (TPSA) is 76.2 Å². The van der Waals surface area contributed by atoms with Crippen LogP contribution in [-0.2, 0) is 0 Å². The first-order valence-electron chi connectivity index (χ1n) is 4.58. The van der Waals surface area contributed by atoms with Gasteiger partial charge in [-0.3, -0.25) is 10.1 Å². The van der Waals surface area contributed by atoms with Crippen LogP contribution in [0.25, 0.3) is 0 Å². The number of rotatable bonds is 5. The van der Waals surface area contributed by atoms with Crippen LogP contribution in [0.1, 0.15) is 12.8 Å². The van der Waals surface area contributed by atoms with E-state index in [4.69, 9.17) is 10.00 Å². The van der Waals surface area contributed by atoms with E-state index < -0.39 is 4.92 Å². The summed E-state index contributed by atoms with van der Waals surface area (Å²) in [5.74, 6) is 0.430. The number of nitriles is 1. The van der Waals surface area contributed by atoms with Gasteiger partial charge < -0.3 is 4.74 Å². The van der Waals surface area contributed by atoms with Gasteiger partial charge in [-0.1, -0.05) is 15.9 Å². The summed E-state index contributed by atoms with van der Waals surface area (Å²) in [6, 6.07) is 6.41. The molecule has 0 heterocycles. The van der Waals surface area contributed by atoms with E-state index in [0.29, 0.717) is 29.7 Å². The van der Waals surface area contributed by atoms with E-state index in [9.17, 15) is 10.1 Å². The lowest BCUT2D eigenvalue weighted by atomic mass is 10.3. The molecule has 0 fully saturated rings. The minimum atomic E-state index is -0.479. The SMILES string of the molecule is N#CCCCOc1cc(Br)cc([N+](=O)[O-])c1. The van der Waals surface area contributed by atoms with Gasteiger partial charge in [-0.05, 0) is 12.5 Å². The van der Waals surface area contributed by atoms with Crippen LogP contribution >= 0.6 is 15.9 Å². The van der Waals surface area contributed by atoms with Crippen molar-refractivity contribution in [3.05, 3.63) is 32.8 Å². The fourth-order valence-corrected chi connectivity index (χ4v) is 1.54. The van der Waals surface area contributed by atoms with Crippen molar-refractivity contribution in [1.82, 2.24) is 0 Å². The van der Waals surface area contributed by atoms with Crippen molar-refractivity contribution in [2.24, 2.45) is 0 Å². The Bertz CT molecular complexity index is 429. The highest BCUT2D eigenvalue weighted by atomic mass is 79.9. The van der Waals surface area contributed by atoms with Gasteiger partial charge in [0.15, 0.2) is 0 Å². The van der Waals surface area contributed by atoms with E-state index >= 15 is 0 Å². The summed E-state index contributed by atoms with van der Waals surface area (Å²) in [7, 11) is 0.